The molecule has 0 bridgehead atoms. The first-order valence-electron chi connectivity index (χ1n) is 4.08. The maximum Gasteiger partial charge on any atom is 0.261 e. The van der Waals surface area contributed by atoms with Crippen LogP contribution in [-0.2, 0) is 6.54 Å². The SMILES string of the molecule is C=Cc1ncn(CC)c(=O)c1C=C. The van der Waals surface area contributed by atoms with Crippen LogP contribution in [0.15, 0.2) is 24.3 Å². The highest BCUT2D eigenvalue weighted by Gasteiger charge is 2.04. The minimum atomic E-state index is -0.0672. The van der Waals surface area contributed by atoms with Crippen molar-refractivity contribution < 1.29 is 0 Å². The van der Waals surface area contributed by atoms with Gasteiger partial charge in [0.25, 0.3) is 5.56 Å². The molecule has 1 rings (SSSR count). The van der Waals surface area contributed by atoms with E-state index >= 15 is 0 Å². The summed E-state index contributed by atoms with van der Waals surface area (Å²) >= 11 is 0. The van der Waals surface area contributed by atoms with Crippen molar-refractivity contribution >= 4 is 12.2 Å². The summed E-state index contributed by atoms with van der Waals surface area (Å²) < 4.78 is 1.53. The quantitative estimate of drug-likeness (QED) is 0.700. The highest BCUT2D eigenvalue weighted by Crippen LogP contribution is 2.02. The highest BCUT2D eigenvalue weighted by atomic mass is 16.1. The summed E-state index contributed by atoms with van der Waals surface area (Å²) in [6.45, 7) is 9.66. The highest BCUT2D eigenvalue weighted by molar-refractivity contribution is 5.59. The summed E-state index contributed by atoms with van der Waals surface area (Å²) in [5.41, 5.74) is 1.03. The normalized spacial score (nSPS) is 9.62. The molecule has 0 saturated heterocycles. The van der Waals surface area contributed by atoms with Crippen molar-refractivity contribution in [2.45, 2.75) is 13.5 Å². The van der Waals surface area contributed by atoms with Crippen LogP contribution in [-0.4, -0.2) is 9.55 Å². The van der Waals surface area contributed by atoms with E-state index in [-0.39, 0.29) is 5.56 Å². The van der Waals surface area contributed by atoms with Gasteiger partial charge in [-0.2, -0.15) is 0 Å². The van der Waals surface area contributed by atoms with Gasteiger partial charge in [-0.3, -0.25) is 9.36 Å². The van der Waals surface area contributed by atoms with Gasteiger partial charge in [0.1, 0.15) is 0 Å². The van der Waals surface area contributed by atoms with Crippen LogP contribution in [0, 0.1) is 0 Å². The molecule has 0 fully saturated rings. The maximum atomic E-state index is 11.6. The summed E-state index contributed by atoms with van der Waals surface area (Å²) in [4.78, 5) is 15.7. The van der Waals surface area contributed by atoms with Crippen LogP contribution in [0.2, 0.25) is 0 Å². The van der Waals surface area contributed by atoms with Crippen LogP contribution >= 0.6 is 0 Å². The lowest BCUT2D eigenvalue weighted by Gasteiger charge is -2.04. The fraction of sp³-hybridized carbons (Fsp3) is 0.200. The molecule has 0 aromatic carbocycles. The second-order valence-electron chi connectivity index (χ2n) is 2.54. The van der Waals surface area contributed by atoms with E-state index in [1.54, 1.807) is 6.08 Å². The molecule has 1 aromatic heterocycles. The number of aromatic nitrogens is 2. The molecule has 0 saturated carbocycles. The molecule has 3 heteroatoms. The minimum Gasteiger partial charge on any atom is -0.299 e. The molecule has 0 aliphatic carbocycles. The zero-order chi connectivity index (χ0) is 9.84. The fourth-order valence-electron chi connectivity index (χ4n) is 1.10. The van der Waals surface area contributed by atoms with Crippen molar-refractivity contribution in [2.24, 2.45) is 0 Å². The number of rotatable bonds is 3. The number of hydrogen-bond donors (Lipinski definition) is 0. The third-order valence-electron chi connectivity index (χ3n) is 1.84. The molecule has 0 amide bonds. The van der Waals surface area contributed by atoms with Crippen LogP contribution < -0.4 is 5.56 Å². The Hall–Kier alpha value is -1.64. The third-order valence-corrected chi connectivity index (χ3v) is 1.84. The van der Waals surface area contributed by atoms with Crippen molar-refractivity contribution in [3.05, 3.63) is 41.1 Å². The predicted octanol–water partition coefficient (Wildman–Crippen LogP) is 1.55. The van der Waals surface area contributed by atoms with E-state index in [4.69, 9.17) is 0 Å². The topological polar surface area (TPSA) is 34.9 Å². The Morgan fingerprint density at radius 3 is 2.69 bits per heavy atom. The lowest BCUT2D eigenvalue weighted by molar-refractivity contribution is 0.703. The van der Waals surface area contributed by atoms with Gasteiger partial charge in [0.05, 0.1) is 17.6 Å². The first-order valence-corrected chi connectivity index (χ1v) is 4.08. The van der Waals surface area contributed by atoms with Crippen molar-refractivity contribution in [3.63, 3.8) is 0 Å². The molecular weight excluding hydrogens is 164 g/mol. The largest absolute Gasteiger partial charge is 0.299 e. The zero-order valence-corrected chi connectivity index (χ0v) is 7.66. The van der Waals surface area contributed by atoms with Crippen molar-refractivity contribution in [3.8, 4) is 0 Å². The molecule has 3 nitrogen and oxygen atoms in total. The van der Waals surface area contributed by atoms with Crippen LogP contribution in [0.3, 0.4) is 0 Å². The summed E-state index contributed by atoms with van der Waals surface area (Å²) in [5.74, 6) is 0. The standard InChI is InChI=1S/C10H12N2O/c1-4-8-9(5-2)11-7-12(6-3)10(8)13/h4-5,7H,1-2,6H2,3H3. The van der Waals surface area contributed by atoms with E-state index in [1.165, 1.54) is 17.0 Å². The molecule has 0 atom stereocenters. The molecule has 0 unspecified atom stereocenters. The van der Waals surface area contributed by atoms with Gasteiger partial charge >= 0.3 is 0 Å². The Labute approximate surface area is 77.1 Å². The van der Waals surface area contributed by atoms with Crippen molar-refractivity contribution in [2.75, 3.05) is 0 Å². The van der Waals surface area contributed by atoms with E-state index in [9.17, 15) is 4.79 Å². The van der Waals surface area contributed by atoms with E-state index in [1.807, 2.05) is 6.92 Å². The molecule has 0 spiro atoms. The van der Waals surface area contributed by atoms with E-state index in [0.717, 1.165) is 0 Å². The van der Waals surface area contributed by atoms with Crippen LogP contribution in [0.1, 0.15) is 18.2 Å². The van der Waals surface area contributed by atoms with Gasteiger partial charge < -0.3 is 0 Å². The van der Waals surface area contributed by atoms with Crippen LogP contribution in [0.25, 0.3) is 12.2 Å². The summed E-state index contributed by atoms with van der Waals surface area (Å²) in [6.07, 6.45) is 4.59. The summed E-state index contributed by atoms with van der Waals surface area (Å²) in [5, 5.41) is 0. The fourth-order valence-corrected chi connectivity index (χ4v) is 1.10. The molecular formula is C10H12N2O. The van der Waals surface area contributed by atoms with E-state index in [0.29, 0.717) is 17.8 Å². The van der Waals surface area contributed by atoms with Gasteiger partial charge in [0.15, 0.2) is 0 Å². The molecule has 0 N–H and O–H groups in total. The Kier molecular flexibility index (Phi) is 2.80. The Bertz CT molecular complexity index is 390. The van der Waals surface area contributed by atoms with Gasteiger partial charge in [-0.05, 0) is 13.0 Å². The molecule has 0 aliphatic rings. The average molecular weight is 176 g/mol. The van der Waals surface area contributed by atoms with E-state index < -0.39 is 0 Å². The molecule has 1 heterocycles. The third kappa shape index (κ3) is 1.59. The molecule has 68 valence electrons. The lowest BCUT2D eigenvalue weighted by atomic mass is 10.2. The summed E-state index contributed by atoms with van der Waals surface area (Å²) in [6, 6.07) is 0. The number of hydrogen-bond acceptors (Lipinski definition) is 2. The maximum absolute atomic E-state index is 11.6. The minimum absolute atomic E-state index is 0.0672. The second kappa shape index (κ2) is 3.85. The zero-order valence-electron chi connectivity index (χ0n) is 7.66. The number of aryl methyl sites for hydroxylation is 1. The van der Waals surface area contributed by atoms with Gasteiger partial charge in [0, 0.05) is 6.54 Å². The van der Waals surface area contributed by atoms with Gasteiger partial charge in [-0.15, -0.1) is 0 Å². The lowest BCUT2D eigenvalue weighted by Crippen LogP contribution is -2.22. The molecule has 1 aromatic rings. The van der Waals surface area contributed by atoms with Crippen molar-refractivity contribution in [1.82, 2.24) is 9.55 Å². The molecule has 0 radical (unpaired) electrons. The average Bonchev–Trinajstić information content (AvgIpc) is 2.17. The van der Waals surface area contributed by atoms with Gasteiger partial charge in [-0.1, -0.05) is 19.2 Å². The Morgan fingerprint density at radius 2 is 2.23 bits per heavy atom. The predicted molar refractivity (Wildman–Crippen MR) is 54.4 cm³/mol. The second-order valence-corrected chi connectivity index (χ2v) is 2.54. The van der Waals surface area contributed by atoms with Crippen molar-refractivity contribution in [1.29, 1.82) is 0 Å². The Morgan fingerprint density at radius 1 is 1.54 bits per heavy atom. The molecule has 0 aliphatic heterocycles. The van der Waals surface area contributed by atoms with E-state index in [2.05, 4.69) is 18.1 Å². The Balaban J connectivity index is 3.49. The number of nitrogens with zero attached hydrogens (tertiary/aromatic N) is 2. The van der Waals surface area contributed by atoms with Crippen LogP contribution in [0.5, 0.6) is 0 Å². The summed E-state index contributed by atoms with van der Waals surface area (Å²) in [7, 11) is 0. The monoisotopic (exact) mass is 176 g/mol. The molecule has 13 heavy (non-hydrogen) atoms. The smallest absolute Gasteiger partial charge is 0.261 e. The first kappa shape index (κ1) is 9.45. The van der Waals surface area contributed by atoms with Crippen LogP contribution in [0.4, 0.5) is 0 Å². The first-order chi connectivity index (χ1) is 6.24. The van der Waals surface area contributed by atoms with Gasteiger partial charge in [-0.25, -0.2) is 4.98 Å². The van der Waals surface area contributed by atoms with Gasteiger partial charge in [0.2, 0.25) is 0 Å².